The smallest absolute Gasteiger partial charge is 0.221 e. The molecule has 0 bridgehead atoms. The van der Waals surface area contributed by atoms with E-state index in [1.807, 2.05) is 22.6 Å². The van der Waals surface area contributed by atoms with Crippen molar-refractivity contribution in [2.45, 2.75) is 6.92 Å². The van der Waals surface area contributed by atoms with Crippen molar-refractivity contribution < 1.29 is 9.18 Å². The van der Waals surface area contributed by atoms with E-state index in [0.717, 1.165) is 5.56 Å². The average molecular weight is 305 g/mol. The molecule has 74 valence electrons. The highest BCUT2D eigenvalue weighted by Crippen LogP contribution is 2.13. The Morgan fingerprint density at radius 3 is 2.43 bits per heavy atom. The van der Waals surface area contributed by atoms with Gasteiger partial charge in [0.25, 0.3) is 0 Å². The molecule has 0 spiro atoms. The van der Waals surface area contributed by atoms with Crippen LogP contribution in [-0.2, 0) is 4.79 Å². The Kier molecular flexibility index (Phi) is 4.06. The highest BCUT2D eigenvalue weighted by atomic mass is 127. The second-order valence-electron chi connectivity index (χ2n) is 2.71. The summed E-state index contributed by atoms with van der Waals surface area (Å²) in [6.07, 6.45) is 0. The molecular weight excluding hydrogens is 296 g/mol. The first kappa shape index (κ1) is 11.2. The lowest BCUT2D eigenvalue weighted by atomic mass is 10.2. The summed E-state index contributed by atoms with van der Waals surface area (Å²) in [6.45, 7) is 1.43. The largest absolute Gasteiger partial charge is 0.325 e. The first-order chi connectivity index (χ1) is 6.63. The minimum Gasteiger partial charge on any atom is -0.325 e. The maximum absolute atomic E-state index is 12.6. The Morgan fingerprint density at radius 2 is 2.00 bits per heavy atom. The molecule has 0 aliphatic heterocycles. The lowest BCUT2D eigenvalue weighted by Crippen LogP contribution is -2.17. The van der Waals surface area contributed by atoms with Crippen molar-refractivity contribution in [3.05, 3.63) is 39.7 Å². The number of amides is 1. The van der Waals surface area contributed by atoms with E-state index in [4.69, 9.17) is 0 Å². The van der Waals surface area contributed by atoms with E-state index in [2.05, 4.69) is 5.32 Å². The van der Waals surface area contributed by atoms with Crippen LogP contribution in [0, 0.1) is 5.82 Å². The van der Waals surface area contributed by atoms with Crippen molar-refractivity contribution in [1.82, 2.24) is 5.32 Å². The van der Waals surface area contributed by atoms with Gasteiger partial charge in [0.2, 0.25) is 5.91 Å². The zero-order chi connectivity index (χ0) is 10.6. The van der Waals surface area contributed by atoms with Crippen molar-refractivity contribution in [2.75, 3.05) is 0 Å². The minimum absolute atomic E-state index is 0.141. The molecule has 1 rings (SSSR count). The fraction of sp³-hybridized carbons (Fsp3) is 0.100. The highest BCUT2D eigenvalue weighted by molar-refractivity contribution is 14.1. The van der Waals surface area contributed by atoms with Crippen LogP contribution in [0.3, 0.4) is 0 Å². The van der Waals surface area contributed by atoms with Crippen molar-refractivity contribution in [2.24, 2.45) is 0 Å². The van der Waals surface area contributed by atoms with Gasteiger partial charge in [-0.15, -0.1) is 0 Å². The maximum atomic E-state index is 12.6. The average Bonchev–Trinajstić information content (AvgIpc) is 2.15. The van der Waals surface area contributed by atoms with Gasteiger partial charge < -0.3 is 5.32 Å². The Hall–Kier alpha value is -0.910. The van der Waals surface area contributed by atoms with Crippen LogP contribution in [0.4, 0.5) is 4.39 Å². The number of halogens is 2. The van der Waals surface area contributed by atoms with Crippen LogP contribution in [-0.4, -0.2) is 5.91 Å². The zero-order valence-electron chi connectivity index (χ0n) is 7.55. The van der Waals surface area contributed by atoms with Gasteiger partial charge in [0.05, 0.1) is 5.70 Å². The third-order valence-electron chi connectivity index (χ3n) is 1.58. The van der Waals surface area contributed by atoms with E-state index in [-0.39, 0.29) is 11.7 Å². The minimum atomic E-state index is -0.288. The molecule has 0 saturated heterocycles. The number of carbonyl (C=O) groups excluding carboxylic acids is 1. The summed E-state index contributed by atoms with van der Waals surface area (Å²) >= 11 is 2.02. The van der Waals surface area contributed by atoms with Gasteiger partial charge in [-0.3, -0.25) is 4.79 Å². The van der Waals surface area contributed by atoms with Crippen LogP contribution < -0.4 is 5.32 Å². The zero-order valence-corrected chi connectivity index (χ0v) is 9.71. The molecule has 0 atom stereocenters. The van der Waals surface area contributed by atoms with Gasteiger partial charge in [0.1, 0.15) is 5.82 Å². The Labute approximate surface area is 95.3 Å². The molecule has 0 radical (unpaired) electrons. The van der Waals surface area contributed by atoms with Crippen LogP contribution in [0.5, 0.6) is 0 Å². The van der Waals surface area contributed by atoms with Gasteiger partial charge in [-0.2, -0.15) is 0 Å². The molecule has 1 amide bonds. The van der Waals surface area contributed by atoms with Gasteiger partial charge >= 0.3 is 0 Å². The van der Waals surface area contributed by atoms with Gasteiger partial charge in [0.15, 0.2) is 0 Å². The summed E-state index contributed by atoms with van der Waals surface area (Å²) < 4.78 is 14.4. The first-order valence-corrected chi connectivity index (χ1v) is 5.22. The summed E-state index contributed by atoms with van der Waals surface area (Å²) in [5.41, 5.74) is 1.47. The van der Waals surface area contributed by atoms with Crippen molar-refractivity contribution in [3.63, 3.8) is 0 Å². The van der Waals surface area contributed by atoms with Crippen molar-refractivity contribution in [3.8, 4) is 0 Å². The SMILES string of the molecule is CC(=O)N/C(=C\I)c1ccc(F)cc1. The second kappa shape index (κ2) is 5.09. The third-order valence-corrected chi connectivity index (χ3v) is 2.20. The Bertz CT molecular complexity index is 359. The van der Waals surface area contributed by atoms with Crippen LogP contribution in [0.25, 0.3) is 5.70 Å². The summed E-state index contributed by atoms with van der Waals surface area (Å²) in [5, 5.41) is 2.66. The van der Waals surface area contributed by atoms with Crippen molar-refractivity contribution in [1.29, 1.82) is 0 Å². The molecular formula is C10H9FINO. The monoisotopic (exact) mass is 305 g/mol. The molecule has 0 unspecified atom stereocenters. The second-order valence-corrected chi connectivity index (χ2v) is 3.33. The number of hydrogen-bond acceptors (Lipinski definition) is 1. The molecule has 0 heterocycles. The highest BCUT2D eigenvalue weighted by Gasteiger charge is 2.02. The molecule has 0 saturated carbocycles. The summed E-state index contributed by atoms with van der Waals surface area (Å²) in [4.78, 5) is 10.8. The Balaban J connectivity index is 2.91. The predicted molar refractivity (Wildman–Crippen MR) is 62.2 cm³/mol. The maximum Gasteiger partial charge on any atom is 0.221 e. The Morgan fingerprint density at radius 1 is 1.43 bits per heavy atom. The van der Waals surface area contributed by atoms with Gasteiger partial charge in [-0.1, -0.05) is 22.6 Å². The molecule has 2 nitrogen and oxygen atoms in total. The van der Waals surface area contributed by atoms with Gasteiger partial charge in [-0.05, 0) is 29.8 Å². The van der Waals surface area contributed by atoms with Crippen LogP contribution in [0.1, 0.15) is 12.5 Å². The summed E-state index contributed by atoms with van der Waals surface area (Å²) in [5.74, 6) is -0.429. The fourth-order valence-corrected chi connectivity index (χ4v) is 1.50. The molecule has 4 heteroatoms. The number of hydrogen-bond donors (Lipinski definition) is 1. The van der Waals surface area contributed by atoms with Crippen molar-refractivity contribution >= 4 is 34.2 Å². The van der Waals surface area contributed by atoms with E-state index in [0.29, 0.717) is 5.70 Å². The molecule has 0 aromatic heterocycles. The van der Waals surface area contributed by atoms with Gasteiger partial charge in [0, 0.05) is 11.0 Å². The predicted octanol–water partition coefficient (Wildman–Crippen LogP) is 2.70. The lowest BCUT2D eigenvalue weighted by Gasteiger charge is -2.06. The molecule has 1 N–H and O–H groups in total. The number of benzene rings is 1. The number of rotatable bonds is 2. The van der Waals surface area contributed by atoms with E-state index < -0.39 is 0 Å². The third kappa shape index (κ3) is 3.10. The molecule has 0 aliphatic carbocycles. The van der Waals surface area contributed by atoms with E-state index >= 15 is 0 Å². The van der Waals surface area contributed by atoms with Gasteiger partial charge in [-0.25, -0.2) is 4.39 Å². The van der Waals surface area contributed by atoms with E-state index in [9.17, 15) is 9.18 Å². The molecule has 0 aliphatic rings. The lowest BCUT2D eigenvalue weighted by molar-refractivity contribution is -0.117. The number of carbonyl (C=O) groups is 1. The summed E-state index contributed by atoms with van der Waals surface area (Å²) in [6, 6.07) is 5.96. The van der Waals surface area contributed by atoms with Crippen LogP contribution in [0.2, 0.25) is 0 Å². The summed E-state index contributed by atoms with van der Waals surface area (Å²) in [7, 11) is 0. The standard InChI is InChI=1S/C10H9FINO/c1-7(14)13-10(6-12)8-2-4-9(11)5-3-8/h2-6H,1H3,(H,13,14)/b10-6-. The topological polar surface area (TPSA) is 29.1 Å². The normalized spacial score (nSPS) is 11.2. The van der Waals surface area contributed by atoms with E-state index in [1.54, 1.807) is 16.2 Å². The first-order valence-electron chi connectivity index (χ1n) is 3.97. The van der Waals surface area contributed by atoms with Crippen LogP contribution in [0.15, 0.2) is 28.3 Å². The fourth-order valence-electron chi connectivity index (χ4n) is 0.982. The molecule has 1 aromatic carbocycles. The quantitative estimate of drug-likeness (QED) is 0.836. The molecule has 1 aromatic rings. The van der Waals surface area contributed by atoms with Crippen LogP contribution >= 0.6 is 22.6 Å². The number of nitrogens with one attached hydrogen (secondary N) is 1. The molecule has 14 heavy (non-hydrogen) atoms. The molecule has 0 fully saturated rings. The van der Waals surface area contributed by atoms with E-state index in [1.165, 1.54) is 19.1 Å².